The molecule has 0 radical (unpaired) electrons. The van der Waals surface area contributed by atoms with E-state index in [0.717, 1.165) is 52.0 Å². The maximum atomic E-state index is 12.8. The van der Waals surface area contributed by atoms with Gasteiger partial charge in [-0.1, -0.05) is 127 Å². The maximum absolute atomic E-state index is 12.8. The van der Waals surface area contributed by atoms with Gasteiger partial charge in [-0.3, -0.25) is 4.90 Å². The minimum Gasteiger partial charge on any atom is -0.467 e. The number of aliphatic hydroxyl groups is 1. The third kappa shape index (κ3) is 10.6. The van der Waals surface area contributed by atoms with Crippen LogP contribution >= 0.6 is 0 Å². The molecule has 1 aliphatic heterocycles. The molecule has 5 aromatic carbocycles. The van der Waals surface area contributed by atoms with Crippen LogP contribution in [-0.2, 0) is 45.1 Å². The smallest absolute Gasteiger partial charge is 0.328 e. The zero-order valence-corrected chi connectivity index (χ0v) is 30.2. The summed E-state index contributed by atoms with van der Waals surface area (Å²) in [6.45, 7) is 1.84. The summed E-state index contributed by atoms with van der Waals surface area (Å²) in [6.07, 6.45) is 0.251. The number of aliphatic hydroxyl groups excluding tert-OH is 1. The number of methoxy groups -OCH3 is 1. The van der Waals surface area contributed by atoms with E-state index in [1.165, 1.54) is 12.7 Å². The van der Waals surface area contributed by atoms with Crippen molar-refractivity contribution < 1.29 is 28.9 Å². The van der Waals surface area contributed by atoms with Gasteiger partial charge < -0.3 is 30.0 Å². The molecule has 0 saturated carbocycles. The number of rotatable bonds is 14. The van der Waals surface area contributed by atoms with Gasteiger partial charge in [-0.15, -0.1) is 0 Å². The highest BCUT2D eigenvalue weighted by Crippen LogP contribution is 2.38. The first-order valence-electron chi connectivity index (χ1n) is 18.0. The van der Waals surface area contributed by atoms with E-state index in [2.05, 4.69) is 59.0 Å². The highest BCUT2D eigenvalue weighted by atomic mass is 16.7. The summed E-state index contributed by atoms with van der Waals surface area (Å²) >= 11 is 0. The molecule has 0 aliphatic carbocycles. The Hall–Kier alpha value is -5.32. The number of carbonyl (C=O) groups is 2. The first-order chi connectivity index (χ1) is 25.9. The predicted molar refractivity (Wildman–Crippen MR) is 204 cm³/mol. The lowest BCUT2D eigenvalue weighted by molar-refractivity contribution is -0.252. The van der Waals surface area contributed by atoms with Crippen LogP contribution in [-0.4, -0.2) is 54.9 Å². The number of amides is 2. The average molecular weight is 714 g/mol. The second-order valence-corrected chi connectivity index (χ2v) is 13.4. The first-order valence-corrected chi connectivity index (χ1v) is 18.0. The van der Waals surface area contributed by atoms with Crippen LogP contribution in [0.1, 0.15) is 52.2 Å². The van der Waals surface area contributed by atoms with Gasteiger partial charge in [0.1, 0.15) is 6.04 Å². The van der Waals surface area contributed by atoms with E-state index in [9.17, 15) is 14.7 Å². The van der Waals surface area contributed by atoms with Crippen LogP contribution in [0.3, 0.4) is 0 Å². The fourth-order valence-electron chi connectivity index (χ4n) is 6.61. The Morgan fingerprint density at radius 1 is 0.774 bits per heavy atom. The van der Waals surface area contributed by atoms with Crippen molar-refractivity contribution in [2.45, 2.75) is 57.1 Å². The number of benzene rings is 5. The van der Waals surface area contributed by atoms with Crippen LogP contribution in [0.25, 0.3) is 11.1 Å². The molecule has 2 amide bonds. The van der Waals surface area contributed by atoms with E-state index in [4.69, 9.17) is 14.2 Å². The number of carbonyl (C=O) groups excluding carboxylic acids is 2. The molecule has 0 spiro atoms. The highest BCUT2D eigenvalue weighted by molar-refractivity contribution is 5.83. The third-order valence-corrected chi connectivity index (χ3v) is 9.40. The number of hydrogen-bond acceptors (Lipinski definition) is 7. The van der Waals surface area contributed by atoms with Gasteiger partial charge in [0.05, 0.1) is 25.9 Å². The molecule has 9 heteroatoms. The molecule has 53 heavy (non-hydrogen) atoms. The van der Waals surface area contributed by atoms with Crippen molar-refractivity contribution in [3.8, 4) is 11.1 Å². The maximum Gasteiger partial charge on any atom is 0.328 e. The van der Waals surface area contributed by atoms with Crippen molar-refractivity contribution in [2.24, 2.45) is 0 Å². The zero-order valence-electron chi connectivity index (χ0n) is 30.2. The van der Waals surface area contributed by atoms with E-state index in [1.54, 1.807) is 0 Å². The molecule has 0 unspecified atom stereocenters. The Morgan fingerprint density at radius 3 is 2.11 bits per heavy atom. The Bertz CT molecular complexity index is 1900. The van der Waals surface area contributed by atoms with E-state index >= 15 is 0 Å². The van der Waals surface area contributed by atoms with Crippen molar-refractivity contribution in [2.75, 3.05) is 20.7 Å². The molecule has 1 heterocycles. The monoisotopic (exact) mass is 713 g/mol. The predicted octanol–water partition coefficient (Wildman–Crippen LogP) is 7.11. The van der Waals surface area contributed by atoms with Gasteiger partial charge in [-0.25, -0.2) is 9.59 Å². The molecular weight excluding hydrogens is 666 g/mol. The minimum atomic E-state index is -0.808. The van der Waals surface area contributed by atoms with Crippen molar-refractivity contribution in [3.63, 3.8) is 0 Å². The Balaban J connectivity index is 1.10. The van der Waals surface area contributed by atoms with Crippen LogP contribution in [0.5, 0.6) is 0 Å². The summed E-state index contributed by atoms with van der Waals surface area (Å²) in [4.78, 5) is 27.5. The van der Waals surface area contributed by atoms with Crippen LogP contribution in [0.2, 0.25) is 0 Å². The molecule has 6 rings (SSSR count). The van der Waals surface area contributed by atoms with Crippen molar-refractivity contribution in [3.05, 3.63) is 167 Å². The van der Waals surface area contributed by atoms with Gasteiger partial charge >= 0.3 is 12.0 Å². The topological polar surface area (TPSA) is 109 Å². The summed E-state index contributed by atoms with van der Waals surface area (Å²) < 4.78 is 18.1. The molecular formula is C44H47N3O6. The Kier molecular flexibility index (Phi) is 13.0. The summed E-state index contributed by atoms with van der Waals surface area (Å²) in [5, 5.41) is 15.2. The van der Waals surface area contributed by atoms with Gasteiger partial charge in [-0.05, 0) is 52.1 Å². The van der Waals surface area contributed by atoms with Gasteiger partial charge in [0.25, 0.3) is 0 Å². The van der Waals surface area contributed by atoms with E-state index in [0.29, 0.717) is 12.8 Å². The molecule has 0 bridgehead atoms. The SMILES string of the molecule is COC(=O)[C@H](Cc1ccccc1)NC(=O)NCc1cccc(-c2ccc([C@H]3O[C@@H](CN(C)Cc4ccccc4)C[C@@H](c4ccc(CO)cc4)O3)cc2)c1. The summed E-state index contributed by atoms with van der Waals surface area (Å²) in [7, 11) is 3.43. The quantitative estimate of drug-likeness (QED) is 0.105. The minimum absolute atomic E-state index is 0.00178. The molecule has 1 fully saturated rings. The van der Waals surface area contributed by atoms with Crippen LogP contribution in [0.15, 0.2) is 133 Å². The van der Waals surface area contributed by atoms with E-state index in [1.807, 2.05) is 97.1 Å². The lowest BCUT2D eigenvalue weighted by Gasteiger charge is -2.38. The number of ether oxygens (including phenoxy) is 3. The largest absolute Gasteiger partial charge is 0.467 e. The first kappa shape index (κ1) is 37.4. The van der Waals surface area contributed by atoms with Gasteiger partial charge in [0.2, 0.25) is 0 Å². The number of hydrogen-bond donors (Lipinski definition) is 3. The molecule has 1 aliphatic rings. The number of likely N-dealkylation sites (N-methyl/N-ethyl adjacent to an activating group) is 1. The van der Waals surface area contributed by atoms with Crippen molar-refractivity contribution >= 4 is 12.0 Å². The lowest BCUT2D eigenvalue weighted by Crippen LogP contribution is -2.47. The standard InChI is InChI=1S/C44H47N3O6/c1-47(28-32-12-7-4-8-13-32)29-39-26-41(36-18-16-33(30-48)17-19-36)53-43(52-39)37-22-20-35(21-23-37)38-15-9-14-34(24-38)27-45-44(50)46-40(42(49)51-2)25-31-10-5-3-6-11-31/h3-24,39-41,43,48H,25-30H2,1-2H3,(H2,45,46,50)/t39-,40+,41+,43+/m1/s1. The molecule has 3 N–H and O–H groups in total. The molecule has 5 aromatic rings. The number of urea groups is 1. The molecule has 1 saturated heterocycles. The van der Waals surface area contributed by atoms with Crippen LogP contribution in [0, 0.1) is 0 Å². The van der Waals surface area contributed by atoms with Crippen molar-refractivity contribution in [1.82, 2.24) is 15.5 Å². The summed E-state index contributed by atoms with van der Waals surface area (Å²) in [6, 6.07) is 42.8. The van der Waals surface area contributed by atoms with Crippen LogP contribution < -0.4 is 10.6 Å². The normalized spacial score (nSPS) is 17.5. The molecule has 274 valence electrons. The average Bonchev–Trinajstić information content (AvgIpc) is 3.20. The summed E-state index contributed by atoms with van der Waals surface area (Å²) in [5.74, 6) is -0.503. The van der Waals surface area contributed by atoms with Gasteiger partial charge in [-0.2, -0.15) is 0 Å². The number of nitrogens with zero attached hydrogens (tertiary/aromatic N) is 1. The third-order valence-electron chi connectivity index (χ3n) is 9.40. The molecule has 9 nitrogen and oxygen atoms in total. The number of nitrogens with one attached hydrogen (secondary N) is 2. The molecule has 4 atom stereocenters. The fraction of sp³-hybridized carbons (Fsp3) is 0.273. The second kappa shape index (κ2) is 18.4. The van der Waals surface area contributed by atoms with Crippen molar-refractivity contribution in [1.29, 1.82) is 0 Å². The van der Waals surface area contributed by atoms with Gasteiger partial charge in [0.15, 0.2) is 6.29 Å². The van der Waals surface area contributed by atoms with E-state index in [-0.39, 0.29) is 25.4 Å². The second-order valence-electron chi connectivity index (χ2n) is 13.4. The summed E-state index contributed by atoms with van der Waals surface area (Å²) in [5.41, 5.74) is 7.94. The Labute approximate surface area is 311 Å². The van der Waals surface area contributed by atoms with Gasteiger partial charge in [0, 0.05) is 38.0 Å². The molecule has 0 aromatic heterocycles. The zero-order chi connectivity index (χ0) is 37.0. The fourth-order valence-corrected chi connectivity index (χ4v) is 6.61. The number of esters is 1. The van der Waals surface area contributed by atoms with E-state index < -0.39 is 24.3 Å². The van der Waals surface area contributed by atoms with Crippen LogP contribution in [0.4, 0.5) is 4.79 Å². The Morgan fingerprint density at radius 2 is 1.43 bits per heavy atom. The highest BCUT2D eigenvalue weighted by Gasteiger charge is 2.33. The lowest BCUT2D eigenvalue weighted by atomic mass is 9.99.